The van der Waals surface area contributed by atoms with E-state index in [1.54, 1.807) is 0 Å². The Morgan fingerprint density at radius 1 is 1.75 bits per heavy atom. The van der Waals surface area contributed by atoms with E-state index < -0.39 is 6.10 Å². The zero-order chi connectivity index (χ0) is 12.1. The topological polar surface area (TPSA) is 58.6 Å². The van der Waals surface area contributed by atoms with Gasteiger partial charge in [0.25, 0.3) is 5.91 Å². The van der Waals surface area contributed by atoms with E-state index in [0.717, 1.165) is 9.35 Å². The summed E-state index contributed by atoms with van der Waals surface area (Å²) in [6.07, 6.45) is -0.668. The van der Waals surface area contributed by atoms with Gasteiger partial charge < -0.3 is 15.2 Å². The summed E-state index contributed by atoms with van der Waals surface area (Å²) in [5.74, 6) is -0.172. The van der Waals surface area contributed by atoms with Crippen LogP contribution in [0.2, 0.25) is 0 Å². The molecule has 2 N–H and O–H groups in total. The van der Waals surface area contributed by atoms with Crippen LogP contribution in [0.1, 0.15) is 15.2 Å². The zero-order valence-electron chi connectivity index (χ0n) is 9.12. The van der Waals surface area contributed by atoms with E-state index in [0.29, 0.717) is 4.88 Å². The number of rotatable bonds is 5. The van der Waals surface area contributed by atoms with Gasteiger partial charge in [-0.15, -0.1) is 11.3 Å². The first kappa shape index (κ1) is 13.6. The summed E-state index contributed by atoms with van der Waals surface area (Å²) in [6.45, 7) is 2.34. The Hall–Kier alpha value is -0.430. The number of thiophene rings is 1. The third-order valence-electron chi connectivity index (χ3n) is 1.94. The Morgan fingerprint density at radius 3 is 2.94 bits per heavy atom. The van der Waals surface area contributed by atoms with Crippen molar-refractivity contribution < 1.29 is 14.6 Å². The highest BCUT2D eigenvalue weighted by Gasteiger charge is 2.12. The van der Waals surface area contributed by atoms with Crippen LogP contribution in [0.25, 0.3) is 0 Å². The summed E-state index contributed by atoms with van der Waals surface area (Å²) < 4.78 is 5.71. The molecule has 1 aromatic heterocycles. The number of amides is 1. The van der Waals surface area contributed by atoms with Crippen molar-refractivity contribution in [3.8, 4) is 0 Å². The molecule has 0 radical (unpaired) electrons. The molecular formula is C10H14BrNO3S. The third-order valence-corrected chi connectivity index (χ3v) is 4.07. The molecule has 16 heavy (non-hydrogen) atoms. The van der Waals surface area contributed by atoms with Crippen LogP contribution in [0.3, 0.4) is 0 Å². The number of methoxy groups -OCH3 is 1. The molecule has 0 aromatic carbocycles. The van der Waals surface area contributed by atoms with Crippen molar-refractivity contribution in [2.24, 2.45) is 0 Å². The minimum absolute atomic E-state index is 0.172. The highest BCUT2D eigenvalue weighted by Crippen LogP contribution is 2.27. The second-order valence-corrected chi connectivity index (χ2v) is 5.76. The van der Waals surface area contributed by atoms with Crippen LogP contribution in [0.4, 0.5) is 0 Å². The quantitative estimate of drug-likeness (QED) is 0.868. The molecule has 1 amide bonds. The van der Waals surface area contributed by atoms with Gasteiger partial charge in [-0.3, -0.25) is 4.79 Å². The molecule has 0 aliphatic rings. The maximum absolute atomic E-state index is 11.6. The van der Waals surface area contributed by atoms with Crippen molar-refractivity contribution in [3.63, 3.8) is 0 Å². The van der Waals surface area contributed by atoms with E-state index in [2.05, 4.69) is 21.2 Å². The van der Waals surface area contributed by atoms with Crippen LogP contribution in [-0.2, 0) is 4.74 Å². The Balaban J connectivity index is 2.46. The monoisotopic (exact) mass is 307 g/mol. The minimum Gasteiger partial charge on any atom is -0.389 e. The third kappa shape index (κ3) is 3.86. The maximum Gasteiger partial charge on any atom is 0.261 e. The Morgan fingerprint density at radius 2 is 2.44 bits per heavy atom. The predicted octanol–water partition coefficient (Wildman–Crippen LogP) is 1.56. The van der Waals surface area contributed by atoms with Crippen LogP contribution >= 0.6 is 27.3 Å². The molecule has 0 bridgehead atoms. The van der Waals surface area contributed by atoms with Crippen molar-refractivity contribution in [2.45, 2.75) is 13.0 Å². The fourth-order valence-electron chi connectivity index (χ4n) is 1.12. The lowest BCUT2D eigenvalue weighted by atomic mass is 10.3. The highest BCUT2D eigenvalue weighted by molar-refractivity contribution is 9.11. The number of aliphatic hydroxyl groups excluding tert-OH is 1. The summed E-state index contributed by atoms with van der Waals surface area (Å²) in [7, 11) is 1.50. The van der Waals surface area contributed by atoms with Crippen molar-refractivity contribution in [3.05, 3.63) is 20.3 Å². The number of ether oxygens (including phenoxy) is 1. The number of halogens is 1. The van der Waals surface area contributed by atoms with Crippen molar-refractivity contribution in [2.75, 3.05) is 20.3 Å². The molecule has 0 saturated carbocycles. The highest BCUT2D eigenvalue weighted by atomic mass is 79.9. The molecule has 90 valence electrons. The van der Waals surface area contributed by atoms with Gasteiger partial charge in [-0.2, -0.15) is 0 Å². The van der Waals surface area contributed by atoms with E-state index in [4.69, 9.17) is 4.74 Å². The lowest BCUT2D eigenvalue weighted by molar-refractivity contribution is 0.0611. The first-order valence-corrected chi connectivity index (χ1v) is 6.36. The second-order valence-electron chi connectivity index (χ2n) is 3.39. The van der Waals surface area contributed by atoms with E-state index >= 15 is 0 Å². The Labute approximate surface area is 107 Å². The van der Waals surface area contributed by atoms with Gasteiger partial charge in [0.05, 0.1) is 21.4 Å². The molecule has 0 aliphatic carbocycles. The van der Waals surface area contributed by atoms with E-state index in [1.807, 2.05) is 13.0 Å². The number of carbonyl (C=O) groups is 1. The number of aliphatic hydroxyl groups is 1. The van der Waals surface area contributed by atoms with Gasteiger partial charge >= 0.3 is 0 Å². The normalized spacial score (nSPS) is 12.5. The minimum atomic E-state index is -0.668. The second kappa shape index (κ2) is 6.34. The maximum atomic E-state index is 11.6. The first-order chi connectivity index (χ1) is 7.54. The average Bonchev–Trinajstić information content (AvgIpc) is 2.56. The summed E-state index contributed by atoms with van der Waals surface area (Å²) in [6, 6.07) is 1.81. The van der Waals surface area contributed by atoms with Gasteiger partial charge in [-0.1, -0.05) is 0 Å². The zero-order valence-corrected chi connectivity index (χ0v) is 11.5. The van der Waals surface area contributed by atoms with Crippen LogP contribution < -0.4 is 5.32 Å². The molecule has 1 atom stereocenters. The van der Waals surface area contributed by atoms with Gasteiger partial charge in [0, 0.05) is 13.7 Å². The standard InChI is InChI=1S/C10H14BrNO3S/c1-6-3-8(16-9(6)11)10(14)12-4-7(13)5-15-2/h3,7,13H,4-5H2,1-2H3,(H,12,14). The number of nitrogens with one attached hydrogen (secondary N) is 1. The predicted molar refractivity (Wildman–Crippen MR) is 67.0 cm³/mol. The van der Waals surface area contributed by atoms with Crippen molar-refractivity contribution in [1.82, 2.24) is 5.32 Å². The molecular weight excluding hydrogens is 294 g/mol. The molecule has 0 fully saturated rings. The molecule has 0 spiro atoms. The molecule has 6 heteroatoms. The lowest BCUT2D eigenvalue weighted by Crippen LogP contribution is -2.33. The van der Waals surface area contributed by atoms with Crippen LogP contribution in [0.15, 0.2) is 9.85 Å². The molecule has 1 aromatic rings. The number of carbonyl (C=O) groups excluding carboxylic acids is 1. The van der Waals surface area contributed by atoms with Crippen LogP contribution in [-0.4, -0.2) is 37.4 Å². The van der Waals surface area contributed by atoms with Gasteiger partial charge in [0.15, 0.2) is 0 Å². The largest absolute Gasteiger partial charge is 0.389 e. The number of hydrogen-bond acceptors (Lipinski definition) is 4. The summed E-state index contributed by atoms with van der Waals surface area (Å²) in [5.41, 5.74) is 1.03. The molecule has 4 nitrogen and oxygen atoms in total. The summed E-state index contributed by atoms with van der Waals surface area (Å²) in [4.78, 5) is 12.3. The average molecular weight is 308 g/mol. The molecule has 1 heterocycles. The Bertz CT molecular complexity index is 347. The van der Waals surface area contributed by atoms with Gasteiger partial charge in [0.2, 0.25) is 0 Å². The molecule has 1 unspecified atom stereocenters. The summed E-state index contributed by atoms with van der Waals surface area (Å²) in [5, 5.41) is 12.0. The van der Waals surface area contributed by atoms with Crippen molar-refractivity contribution in [1.29, 1.82) is 0 Å². The van der Waals surface area contributed by atoms with Gasteiger partial charge in [-0.25, -0.2) is 0 Å². The fourth-order valence-corrected chi connectivity index (χ4v) is 2.57. The molecule has 0 saturated heterocycles. The van der Waals surface area contributed by atoms with E-state index in [9.17, 15) is 9.90 Å². The van der Waals surface area contributed by atoms with Gasteiger partial charge in [0.1, 0.15) is 0 Å². The number of aryl methyl sites for hydroxylation is 1. The van der Waals surface area contributed by atoms with Crippen LogP contribution in [0.5, 0.6) is 0 Å². The lowest BCUT2D eigenvalue weighted by Gasteiger charge is -2.09. The van der Waals surface area contributed by atoms with Gasteiger partial charge in [-0.05, 0) is 34.5 Å². The first-order valence-electron chi connectivity index (χ1n) is 4.75. The van der Waals surface area contributed by atoms with Crippen LogP contribution in [0, 0.1) is 6.92 Å². The SMILES string of the molecule is COCC(O)CNC(=O)c1cc(C)c(Br)s1. The Kier molecular flexibility index (Phi) is 5.40. The fraction of sp³-hybridized carbons (Fsp3) is 0.500. The smallest absolute Gasteiger partial charge is 0.261 e. The molecule has 1 rings (SSSR count). The van der Waals surface area contributed by atoms with E-state index in [-0.39, 0.29) is 19.1 Å². The molecule has 0 aliphatic heterocycles. The number of hydrogen-bond donors (Lipinski definition) is 2. The summed E-state index contributed by atoms with van der Waals surface area (Å²) >= 11 is 4.74. The van der Waals surface area contributed by atoms with Crippen molar-refractivity contribution >= 4 is 33.2 Å². The van der Waals surface area contributed by atoms with E-state index in [1.165, 1.54) is 18.4 Å².